The SMILES string of the molecule is C=C(C)C(=O)[N+](C(=O)C(=C)C)(C(=O)C(=C)C)C(N)CC. The van der Waals surface area contributed by atoms with Gasteiger partial charge in [0.25, 0.3) is 0 Å². The lowest BCUT2D eigenvalue weighted by Gasteiger charge is -2.35. The standard InChI is InChI=1S/C15H23N2O3/c1-8-12(16)17(13(18)9(2)3,14(19)10(4)5)15(20)11(6)7/h12H,2,4,6,8,16H2,1,3,5,7H3/q+1. The average molecular weight is 279 g/mol. The van der Waals surface area contributed by atoms with Gasteiger partial charge in [-0.1, -0.05) is 26.7 Å². The second-order valence-corrected chi connectivity index (χ2v) is 4.95. The lowest BCUT2D eigenvalue weighted by atomic mass is 10.1. The van der Waals surface area contributed by atoms with Crippen molar-refractivity contribution in [3.05, 3.63) is 36.5 Å². The van der Waals surface area contributed by atoms with E-state index < -0.39 is 28.4 Å². The molecule has 20 heavy (non-hydrogen) atoms. The van der Waals surface area contributed by atoms with E-state index in [0.29, 0.717) is 0 Å². The topological polar surface area (TPSA) is 77.2 Å². The first-order valence-electron chi connectivity index (χ1n) is 6.30. The number of hydrogen-bond acceptors (Lipinski definition) is 4. The number of nitrogens with zero attached hydrogens (tertiary/aromatic N) is 1. The van der Waals surface area contributed by atoms with Crippen LogP contribution in [0.3, 0.4) is 0 Å². The summed E-state index contributed by atoms with van der Waals surface area (Å²) in [7, 11) is 0. The van der Waals surface area contributed by atoms with Gasteiger partial charge >= 0.3 is 17.7 Å². The minimum Gasteiger partial charge on any atom is -0.280 e. The van der Waals surface area contributed by atoms with Crippen molar-refractivity contribution in [2.45, 2.75) is 40.3 Å². The molecule has 0 heterocycles. The monoisotopic (exact) mass is 279 g/mol. The minimum atomic E-state index is -1.16. The summed E-state index contributed by atoms with van der Waals surface area (Å²) >= 11 is 0. The van der Waals surface area contributed by atoms with Crippen LogP contribution in [0.25, 0.3) is 0 Å². The van der Waals surface area contributed by atoms with Crippen LogP contribution in [0.5, 0.6) is 0 Å². The molecule has 0 spiro atoms. The maximum absolute atomic E-state index is 12.5. The molecular weight excluding hydrogens is 256 g/mol. The molecule has 0 saturated carbocycles. The quantitative estimate of drug-likeness (QED) is 0.473. The highest BCUT2D eigenvalue weighted by atomic mass is 16.2. The van der Waals surface area contributed by atoms with Gasteiger partial charge in [0.2, 0.25) is 0 Å². The van der Waals surface area contributed by atoms with Gasteiger partial charge in [-0.25, -0.2) is 14.4 Å². The van der Waals surface area contributed by atoms with E-state index in [1.165, 1.54) is 20.8 Å². The van der Waals surface area contributed by atoms with E-state index in [-0.39, 0.29) is 23.1 Å². The Morgan fingerprint density at radius 1 is 0.900 bits per heavy atom. The largest absolute Gasteiger partial charge is 0.357 e. The first-order valence-corrected chi connectivity index (χ1v) is 6.30. The maximum Gasteiger partial charge on any atom is 0.357 e. The average Bonchev–Trinajstić information content (AvgIpc) is 2.37. The van der Waals surface area contributed by atoms with E-state index in [9.17, 15) is 14.4 Å². The molecular formula is C15H23N2O3+. The number of hydrogen-bond donors (Lipinski definition) is 1. The molecule has 0 aliphatic rings. The Balaban J connectivity index is 6.49. The highest BCUT2D eigenvalue weighted by Gasteiger charge is 2.56. The smallest absolute Gasteiger partial charge is 0.280 e. The molecule has 0 saturated heterocycles. The van der Waals surface area contributed by atoms with E-state index in [0.717, 1.165) is 0 Å². The number of rotatable bonds is 5. The van der Waals surface area contributed by atoms with Crippen LogP contribution >= 0.6 is 0 Å². The van der Waals surface area contributed by atoms with Gasteiger partial charge in [-0.15, -0.1) is 4.48 Å². The minimum absolute atomic E-state index is 0.0816. The summed E-state index contributed by atoms with van der Waals surface area (Å²) in [5, 5.41) is 0. The Morgan fingerprint density at radius 2 is 1.15 bits per heavy atom. The highest BCUT2D eigenvalue weighted by Crippen LogP contribution is 2.25. The van der Waals surface area contributed by atoms with Gasteiger partial charge in [0.1, 0.15) is 0 Å². The first kappa shape index (κ1) is 18.1. The lowest BCUT2D eigenvalue weighted by molar-refractivity contribution is -0.725. The molecule has 110 valence electrons. The summed E-state index contributed by atoms with van der Waals surface area (Å²) in [6.07, 6.45) is -0.746. The molecule has 0 aliphatic carbocycles. The van der Waals surface area contributed by atoms with Crippen molar-refractivity contribution >= 4 is 17.7 Å². The molecule has 0 radical (unpaired) electrons. The number of carbonyl (C=O) groups is 3. The molecule has 0 aromatic heterocycles. The van der Waals surface area contributed by atoms with Crippen LogP contribution < -0.4 is 5.73 Å². The molecule has 0 fully saturated rings. The number of imide groups is 3. The van der Waals surface area contributed by atoms with Crippen molar-refractivity contribution in [3.63, 3.8) is 0 Å². The molecule has 5 heteroatoms. The fourth-order valence-electron chi connectivity index (χ4n) is 1.91. The molecule has 1 atom stereocenters. The maximum atomic E-state index is 12.5. The predicted molar refractivity (Wildman–Crippen MR) is 78.0 cm³/mol. The summed E-state index contributed by atoms with van der Waals surface area (Å²) in [6, 6.07) is 0. The lowest BCUT2D eigenvalue weighted by Crippen LogP contribution is -2.69. The third kappa shape index (κ3) is 2.84. The first-order chi connectivity index (χ1) is 9.04. The summed E-state index contributed by atoms with van der Waals surface area (Å²) in [4.78, 5) is 37.6. The Morgan fingerprint density at radius 3 is 1.30 bits per heavy atom. The summed E-state index contributed by atoms with van der Waals surface area (Å²) in [5.41, 5.74) is 6.20. The Kier molecular flexibility index (Phi) is 5.94. The van der Waals surface area contributed by atoms with Crippen molar-refractivity contribution in [2.24, 2.45) is 5.73 Å². The zero-order valence-electron chi connectivity index (χ0n) is 12.7. The summed E-state index contributed by atoms with van der Waals surface area (Å²) < 4.78 is -1.16. The molecule has 2 N–H and O–H groups in total. The van der Waals surface area contributed by atoms with Crippen LogP contribution in [0, 0.1) is 0 Å². The van der Waals surface area contributed by atoms with Crippen LogP contribution in [0.2, 0.25) is 0 Å². The van der Waals surface area contributed by atoms with Gasteiger partial charge in [0.15, 0.2) is 6.17 Å². The zero-order chi connectivity index (χ0) is 16.2. The van der Waals surface area contributed by atoms with E-state index in [2.05, 4.69) is 19.7 Å². The zero-order valence-corrected chi connectivity index (χ0v) is 12.7. The van der Waals surface area contributed by atoms with E-state index >= 15 is 0 Å². The van der Waals surface area contributed by atoms with Crippen molar-refractivity contribution in [1.82, 2.24) is 0 Å². The Labute approximate surface area is 120 Å². The van der Waals surface area contributed by atoms with Crippen LogP contribution in [-0.2, 0) is 14.4 Å². The molecule has 5 nitrogen and oxygen atoms in total. The van der Waals surface area contributed by atoms with E-state index in [1.54, 1.807) is 6.92 Å². The molecule has 0 aliphatic heterocycles. The van der Waals surface area contributed by atoms with Gasteiger partial charge in [0, 0.05) is 23.1 Å². The van der Waals surface area contributed by atoms with Crippen LogP contribution in [0.1, 0.15) is 34.1 Å². The fraction of sp³-hybridized carbons (Fsp3) is 0.400. The van der Waals surface area contributed by atoms with Gasteiger partial charge < -0.3 is 0 Å². The van der Waals surface area contributed by atoms with Crippen LogP contribution in [0.15, 0.2) is 36.5 Å². The van der Waals surface area contributed by atoms with Gasteiger partial charge in [0.05, 0.1) is 0 Å². The second kappa shape index (κ2) is 6.54. The predicted octanol–water partition coefficient (Wildman–Crippen LogP) is 1.81. The third-order valence-electron chi connectivity index (χ3n) is 2.97. The summed E-state index contributed by atoms with van der Waals surface area (Å²) in [5.74, 6) is -2.17. The van der Waals surface area contributed by atoms with Crippen molar-refractivity contribution in [1.29, 1.82) is 0 Å². The number of nitrogens with two attached hydrogens (primary N) is 1. The highest BCUT2D eigenvalue weighted by molar-refractivity contribution is 6.11. The Hall–Kier alpha value is -1.85. The Bertz CT molecular complexity index is 439. The summed E-state index contributed by atoms with van der Waals surface area (Å²) in [6.45, 7) is 16.6. The molecule has 1 unspecified atom stereocenters. The van der Waals surface area contributed by atoms with E-state index in [4.69, 9.17) is 5.73 Å². The second-order valence-electron chi connectivity index (χ2n) is 4.95. The van der Waals surface area contributed by atoms with E-state index in [1.807, 2.05) is 0 Å². The van der Waals surface area contributed by atoms with Crippen LogP contribution in [0.4, 0.5) is 0 Å². The van der Waals surface area contributed by atoms with Crippen molar-refractivity contribution < 1.29 is 18.9 Å². The number of quaternary nitrogens is 1. The fourth-order valence-corrected chi connectivity index (χ4v) is 1.91. The molecule has 0 rings (SSSR count). The number of carbonyl (C=O) groups excluding carboxylic acids is 3. The normalized spacial score (nSPS) is 12.4. The number of amides is 3. The van der Waals surface area contributed by atoms with Gasteiger partial charge in [-0.3, -0.25) is 5.73 Å². The van der Waals surface area contributed by atoms with Gasteiger partial charge in [-0.2, -0.15) is 0 Å². The molecule has 0 bridgehead atoms. The molecule has 0 aromatic rings. The van der Waals surface area contributed by atoms with Crippen LogP contribution in [-0.4, -0.2) is 28.4 Å². The van der Waals surface area contributed by atoms with Crippen molar-refractivity contribution in [2.75, 3.05) is 0 Å². The third-order valence-corrected chi connectivity index (χ3v) is 2.97. The van der Waals surface area contributed by atoms with Gasteiger partial charge in [-0.05, 0) is 20.8 Å². The van der Waals surface area contributed by atoms with Crippen molar-refractivity contribution in [3.8, 4) is 0 Å². The molecule has 3 amide bonds. The molecule has 0 aromatic carbocycles.